The van der Waals surface area contributed by atoms with Crippen molar-refractivity contribution < 1.29 is 4.79 Å². The van der Waals surface area contributed by atoms with Gasteiger partial charge in [-0.25, -0.2) is 0 Å². The highest BCUT2D eigenvalue weighted by Crippen LogP contribution is 2.23. The molecule has 3 nitrogen and oxygen atoms in total. The minimum Gasteiger partial charge on any atom is -0.374 e. The molecule has 0 fully saturated rings. The third-order valence-electron chi connectivity index (χ3n) is 3.91. The van der Waals surface area contributed by atoms with Gasteiger partial charge in [0.05, 0.1) is 0 Å². The topological polar surface area (TPSA) is 32.3 Å². The highest BCUT2D eigenvalue weighted by Gasteiger charge is 2.13. The van der Waals surface area contributed by atoms with Gasteiger partial charge in [-0.05, 0) is 35.2 Å². The van der Waals surface area contributed by atoms with Crippen LogP contribution in [0.25, 0.3) is 0 Å². The SMILES string of the molecule is CN(CCC(=O)Nc1ccc(C(C)(C)C)cc1)c1ccccc1. The highest BCUT2D eigenvalue weighted by molar-refractivity contribution is 5.91. The number of hydrogen-bond donors (Lipinski definition) is 1. The maximum atomic E-state index is 12.1. The van der Waals surface area contributed by atoms with Crippen LogP contribution >= 0.6 is 0 Å². The lowest BCUT2D eigenvalue weighted by Gasteiger charge is -2.20. The molecule has 23 heavy (non-hydrogen) atoms. The van der Waals surface area contributed by atoms with Gasteiger partial charge in [-0.1, -0.05) is 51.1 Å². The minimum atomic E-state index is 0.0382. The molecular weight excluding hydrogens is 284 g/mol. The van der Waals surface area contributed by atoms with E-state index in [0.717, 1.165) is 11.4 Å². The Morgan fingerprint density at radius 3 is 2.17 bits per heavy atom. The molecule has 0 aliphatic carbocycles. The number of anilines is 2. The molecule has 3 heteroatoms. The average molecular weight is 310 g/mol. The number of nitrogens with one attached hydrogen (secondary N) is 1. The Balaban J connectivity index is 1.85. The molecular formula is C20H26N2O. The van der Waals surface area contributed by atoms with E-state index in [9.17, 15) is 4.79 Å². The van der Waals surface area contributed by atoms with Crippen LogP contribution in [0.4, 0.5) is 11.4 Å². The summed E-state index contributed by atoms with van der Waals surface area (Å²) in [5.74, 6) is 0.0382. The fourth-order valence-corrected chi connectivity index (χ4v) is 2.36. The van der Waals surface area contributed by atoms with Gasteiger partial charge >= 0.3 is 0 Å². The number of amides is 1. The molecule has 1 amide bonds. The van der Waals surface area contributed by atoms with Crippen molar-refractivity contribution >= 4 is 17.3 Å². The van der Waals surface area contributed by atoms with Crippen LogP contribution in [0.1, 0.15) is 32.8 Å². The second-order valence-electron chi connectivity index (χ2n) is 6.88. The summed E-state index contributed by atoms with van der Waals surface area (Å²) in [7, 11) is 2.00. The summed E-state index contributed by atoms with van der Waals surface area (Å²) in [4.78, 5) is 14.2. The Hall–Kier alpha value is -2.29. The first-order valence-corrected chi connectivity index (χ1v) is 8.03. The predicted molar refractivity (Wildman–Crippen MR) is 98.1 cm³/mol. The smallest absolute Gasteiger partial charge is 0.226 e. The Kier molecular flexibility index (Phi) is 5.43. The zero-order valence-electron chi connectivity index (χ0n) is 14.5. The third-order valence-corrected chi connectivity index (χ3v) is 3.91. The Labute approximate surface area is 139 Å². The molecule has 0 saturated carbocycles. The normalized spacial score (nSPS) is 11.1. The number of nitrogens with zero attached hydrogens (tertiary/aromatic N) is 1. The minimum absolute atomic E-state index is 0.0382. The van der Waals surface area contributed by atoms with Gasteiger partial charge in [0.1, 0.15) is 0 Å². The lowest BCUT2D eigenvalue weighted by molar-refractivity contribution is -0.116. The van der Waals surface area contributed by atoms with Crippen molar-refractivity contribution in [2.45, 2.75) is 32.6 Å². The largest absolute Gasteiger partial charge is 0.374 e. The van der Waals surface area contributed by atoms with Crippen LogP contribution < -0.4 is 10.2 Å². The van der Waals surface area contributed by atoms with E-state index < -0.39 is 0 Å². The number of para-hydroxylation sites is 1. The molecule has 2 rings (SSSR count). The van der Waals surface area contributed by atoms with Crippen molar-refractivity contribution in [1.82, 2.24) is 0 Å². The zero-order chi connectivity index (χ0) is 16.9. The second-order valence-corrected chi connectivity index (χ2v) is 6.88. The Morgan fingerprint density at radius 1 is 1.00 bits per heavy atom. The van der Waals surface area contributed by atoms with Crippen molar-refractivity contribution in [2.75, 3.05) is 23.8 Å². The number of hydrogen-bond acceptors (Lipinski definition) is 2. The maximum Gasteiger partial charge on any atom is 0.226 e. The van der Waals surface area contributed by atoms with E-state index in [1.807, 2.05) is 49.5 Å². The van der Waals surface area contributed by atoms with E-state index in [-0.39, 0.29) is 11.3 Å². The van der Waals surface area contributed by atoms with E-state index in [1.165, 1.54) is 5.56 Å². The average Bonchev–Trinajstić information content (AvgIpc) is 2.53. The zero-order valence-corrected chi connectivity index (χ0v) is 14.5. The summed E-state index contributed by atoms with van der Waals surface area (Å²) in [6.07, 6.45) is 0.465. The maximum absolute atomic E-state index is 12.1. The molecule has 2 aromatic carbocycles. The van der Waals surface area contributed by atoms with Crippen molar-refractivity contribution in [1.29, 1.82) is 0 Å². The van der Waals surface area contributed by atoms with Gasteiger partial charge in [0.2, 0.25) is 5.91 Å². The fourth-order valence-electron chi connectivity index (χ4n) is 2.36. The highest BCUT2D eigenvalue weighted by atomic mass is 16.1. The van der Waals surface area contributed by atoms with Crippen LogP contribution in [0.5, 0.6) is 0 Å². The summed E-state index contributed by atoms with van der Waals surface area (Å²) >= 11 is 0. The summed E-state index contributed by atoms with van der Waals surface area (Å²) in [6.45, 7) is 7.23. The van der Waals surface area contributed by atoms with E-state index in [2.05, 4.69) is 43.1 Å². The lowest BCUT2D eigenvalue weighted by atomic mass is 9.87. The molecule has 1 N–H and O–H groups in total. The Morgan fingerprint density at radius 2 is 1.61 bits per heavy atom. The van der Waals surface area contributed by atoms with Gasteiger partial charge in [-0.15, -0.1) is 0 Å². The number of rotatable bonds is 5. The molecule has 0 bridgehead atoms. The van der Waals surface area contributed by atoms with Crippen molar-refractivity contribution in [2.24, 2.45) is 0 Å². The van der Waals surface area contributed by atoms with Crippen molar-refractivity contribution in [3.8, 4) is 0 Å². The van der Waals surface area contributed by atoms with Crippen LogP contribution in [0, 0.1) is 0 Å². The van der Waals surface area contributed by atoms with Crippen LogP contribution in [0.2, 0.25) is 0 Å². The van der Waals surface area contributed by atoms with Crippen molar-refractivity contribution in [3.05, 3.63) is 60.2 Å². The first-order chi connectivity index (χ1) is 10.9. The lowest BCUT2D eigenvalue weighted by Crippen LogP contribution is -2.23. The van der Waals surface area contributed by atoms with Crippen molar-refractivity contribution in [3.63, 3.8) is 0 Å². The van der Waals surface area contributed by atoms with Crippen LogP contribution in [0.3, 0.4) is 0 Å². The molecule has 0 spiro atoms. The van der Waals surface area contributed by atoms with Gasteiger partial charge in [-0.3, -0.25) is 4.79 Å². The van der Waals surface area contributed by atoms with E-state index in [0.29, 0.717) is 13.0 Å². The molecule has 0 radical (unpaired) electrons. The van der Waals surface area contributed by atoms with Gasteiger partial charge < -0.3 is 10.2 Å². The standard InChI is InChI=1S/C20H26N2O/c1-20(2,3)16-10-12-17(13-11-16)21-19(23)14-15-22(4)18-8-6-5-7-9-18/h5-13H,14-15H2,1-4H3,(H,21,23). The van der Waals surface area contributed by atoms with Crippen LogP contribution in [0.15, 0.2) is 54.6 Å². The summed E-state index contributed by atoms with van der Waals surface area (Å²) in [5, 5.41) is 2.96. The number of carbonyl (C=O) groups is 1. The first kappa shape index (κ1) is 17.1. The van der Waals surface area contributed by atoms with Gasteiger partial charge in [-0.2, -0.15) is 0 Å². The molecule has 2 aromatic rings. The first-order valence-electron chi connectivity index (χ1n) is 8.03. The number of benzene rings is 2. The molecule has 0 aliphatic rings. The van der Waals surface area contributed by atoms with Gasteiger partial charge in [0.25, 0.3) is 0 Å². The molecule has 0 atom stereocenters. The molecule has 122 valence electrons. The monoisotopic (exact) mass is 310 g/mol. The molecule has 0 aliphatic heterocycles. The van der Waals surface area contributed by atoms with Gasteiger partial charge in [0, 0.05) is 31.4 Å². The summed E-state index contributed by atoms with van der Waals surface area (Å²) in [6, 6.07) is 18.2. The second kappa shape index (κ2) is 7.32. The van der Waals surface area contributed by atoms with E-state index >= 15 is 0 Å². The fraction of sp³-hybridized carbons (Fsp3) is 0.350. The quantitative estimate of drug-likeness (QED) is 0.885. The van der Waals surface area contributed by atoms with Gasteiger partial charge in [0.15, 0.2) is 0 Å². The molecule has 0 unspecified atom stereocenters. The molecule has 0 heterocycles. The Bertz CT molecular complexity index is 627. The number of carbonyl (C=O) groups excluding carboxylic acids is 1. The van der Waals surface area contributed by atoms with Crippen LogP contribution in [-0.4, -0.2) is 19.5 Å². The predicted octanol–water partition coefficient (Wildman–Crippen LogP) is 4.45. The molecule has 0 saturated heterocycles. The summed E-state index contributed by atoms with van der Waals surface area (Å²) in [5.41, 5.74) is 3.36. The molecule has 0 aromatic heterocycles. The third kappa shape index (κ3) is 5.13. The summed E-state index contributed by atoms with van der Waals surface area (Å²) < 4.78 is 0. The van der Waals surface area contributed by atoms with E-state index in [4.69, 9.17) is 0 Å². The van der Waals surface area contributed by atoms with E-state index in [1.54, 1.807) is 0 Å². The van der Waals surface area contributed by atoms with Crippen LogP contribution in [-0.2, 0) is 10.2 Å².